The summed E-state index contributed by atoms with van der Waals surface area (Å²) < 4.78 is 1.19. The molecule has 1 aromatic carbocycles. The first kappa shape index (κ1) is 14.0. The second kappa shape index (κ2) is 6.66. The highest BCUT2D eigenvalue weighted by molar-refractivity contribution is 9.10. The lowest BCUT2D eigenvalue weighted by Crippen LogP contribution is -2.46. The van der Waals surface area contributed by atoms with Gasteiger partial charge in [-0.25, -0.2) is 0 Å². The van der Waals surface area contributed by atoms with Gasteiger partial charge in [-0.1, -0.05) is 28.1 Å². The molecule has 1 aliphatic rings. The molecule has 100 valence electrons. The van der Waals surface area contributed by atoms with E-state index in [-0.39, 0.29) is 6.61 Å². The van der Waals surface area contributed by atoms with Crippen LogP contribution in [0.15, 0.2) is 22.7 Å². The lowest BCUT2D eigenvalue weighted by atomic mass is 10.1. The van der Waals surface area contributed by atoms with E-state index in [2.05, 4.69) is 50.9 Å². The Morgan fingerprint density at radius 2 is 1.83 bits per heavy atom. The number of halogens is 1. The van der Waals surface area contributed by atoms with E-state index in [1.54, 1.807) is 0 Å². The molecule has 0 saturated carbocycles. The summed E-state index contributed by atoms with van der Waals surface area (Å²) in [5, 5.41) is 8.93. The molecule has 0 spiro atoms. The zero-order valence-corrected chi connectivity index (χ0v) is 12.5. The minimum absolute atomic E-state index is 0.269. The number of nitrogens with zero attached hydrogens (tertiary/aromatic N) is 2. The van der Waals surface area contributed by atoms with Crippen LogP contribution in [-0.2, 0) is 6.54 Å². The van der Waals surface area contributed by atoms with E-state index in [1.165, 1.54) is 15.6 Å². The molecule has 1 aromatic rings. The smallest absolute Gasteiger partial charge is 0.0558 e. The number of hydrogen-bond donors (Lipinski definition) is 1. The van der Waals surface area contributed by atoms with Gasteiger partial charge in [0.05, 0.1) is 6.61 Å². The first-order valence-corrected chi connectivity index (χ1v) is 7.29. The first-order chi connectivity index (χ1) is 8.70. The highest BCUT2D eigenvalue weighted by atomic mass is 79.9. The van der Waals surface area contributed by atoms with Crippen molar-refractivity contribution in [1.82, 2.24) is 9.80 Å². The van der Waals surface area contributed by atoms with Crippen molar-refractivity contribution in [1.29, 1.82) is 0 Å². The zero-order valence-electron chi connectivity index (χ0n) is 10.9. The third-order valence-electron chi connectivity index (χ3n) is 3.65. The molecule has 1 aliphatic heterocycles. The number of benzene rings is 1. The maximum atomic E-state index is 8.93. The topological polar surface area (TPSA) is 26.7 Å². The van der Waals surface area contributed by atoms with Crippen molar-refractivity contribution in [3.63, 3.8) is 0 Å². The summed E-state index contributed by atoms with van der Waals surface area (Å²) in [6, 6.07) is 6.41. The number of piperazine rings is 1. The minimum atomic E-state index is 0.269. The van der Waals surface area contributed by atoms with Crippen LogP contribution in [0.2, 0.25) is 0 Å². The van der Waals surface area contributed by atoms with Crippen LogP contribution in [-0.4, -0.2) is 54.2 Å². The maximum absolute atomic E-state index is 8.93. The van der Waals surface area contributed by atoms with Gasteiger partial charge in [0.25, 0.3) is 0 Å². The molecule has 0 unspecified atom stereocenters. The Kier molecular flexibility index (Phi) is 5.18. The van der Waals surface area contributed by atoms with E-state index < -0.39 is 0 Å². The molecule has 0 atom stereocenters. The Bertz CT molecular complexity index is 389. The molecule has 0 bridgehead atoms. The predicted molar refractivity (Wildman–Crippen MR) is 77.7 cm³/mol. The molecule has 4 heteroatoms. The van der Waals surface area contributed by atoms with Crippen LogP contribution < -0.4 is 0 Å². The maximum Gasteiger partial charge on any atom is 0.0558 e. The average Bonchev–Trinajstić information content (AvgIpc) is 2.38. The molecule has 1 heterocycles. The van der Waals surface area contributed by atoms with Crippen LogP contribution in [0, 0.1) is 6.92 Å². The predicted octanol–water partition coefficient (Wildman–Crippen LogP) is 1.87. The summed E-state index contributed by atoms with van der Waals surface area (Å²) in [4.78, 5) is 4.81. The Morgan fingerprint density at radius 3 is 2.50 bits per heavy atom. The number of aliphatic hydroxyl groups is 1. The Morgan fingerprint density at radius 1 is 1.17 bits per heavy atom. The van der Waals surface area contributed by atoms with Crippen molar-refractivity contribution in [2.75, 3.05) is 39.3 Å². The normalized spacial score (nSPS) is 18.2. The van der Waals surface area contributed by atoms with Gasteiger partial charge >= 0.3 is 0 Å². The molecule has 1 fully saturated rings. The van der Waals surface area contributed by atoms with Crippen LogP contribution in [0.3, 0.4) is 0 Å². The third-order valence-corrected chi connectivity index (χ3v) is 4.51. The second-order valence-electron chi connectivity index (χ2n) is 4.87. The molecule has 0 aromatic heterocycles. The summed E-state index contributed by atoms with van der Waals surface area (Å²) in [7, 11) is 0. The Balaban J connectivity index is 1.90. The zero-order chi connectivity index (χ0) is 13.0. The first-order valence-electron chi connectivity index (χ1n) is 6.50. The second-order valence-corrected chi connectivity index (χ2v) is 5.72. The molecule has 0 aliphatic carbocycles. The van der Waals surface area contributed by atoms with E-state index in [4.69, 9.17) is 5.11 Å². The Hall–Kier alpha value is -0.420. The van der Waals surface area contributed by atoms with Crippen molar-refractivity contribution >= 4 is 15.9 Å². The van der Waals surface area contributed by atoms with Gasteiger partial charge in [-0.3, -0.25) is 9.80 Å². The monoisotopic (exact) mass is 312 g/mol. The average molecular weight is 313 g/mol. The van der Waals surface area contributed by atoms with E-state index in [0.29, 0.717) is 0 Å². The largest absolute Gasteiger partial charge is 0.395 e. The number of β-amino-alcohol motifs (C(OH)–C–C–N with tert-alkyl or cyclic N) is 1. The third kappa shape index (κ3) is 3.54. The molecule has 2 rings (SSSR count). The number of aliphatic hydroxyl groups excluding tert-OH is 1. The molecule has 18 heavy (non-hydrogen) atoms. The summed E-state index contributed by atoms with van der Waals surface area (Å²) in [5.74, 6) is 0. The Labute approximate surface area is 118 Å². The van der Waals surface area contributed by atoms with E-state index in [1.807, 2.05) is 0 Å². The summed E-state index contributed by atoms with van der Waals surface area (Å²) in [5.41, 5.74) is 2.75. The van der Waals surface area contributed by atoms with Gasteiger partial charge in [-0.15, -0.1) is 0 Å². The number of hydrogen-bond acceptors (Lipinski definition) is 3. The van der Waals surface area contributed by atoms with Crippen LogP contribution in [0.25, 0.3) is 0 Å². The SMILES string of the molecule is Cc1c(Br)cccc1CN1CCN(CCO)CC1. The van der Waals surface area contributed by atoms with E-state index in [0.717, 1.165) is 39.3 Å². The summed E-state index contributed by atoms with van der Waals surface area (Å²) in [6.07, 6.45) is 0. The highest BCUT2D eigenvalue weighted by Gasteiger charge is 2.17. The highest BCUT2D eigenvalue weighted by Crippen LogP contribution is 2.21. The molecule has 1 N–H and O–H groups in total. The van der Waals surface area contributed by atoms with Gasteiger partial charge < -0.3 is 5.11 Å². The van der Waals surface area contributed by atoms with Crippen molar-refractivity contribution in [2.45, 2.75) is 13.5 Å². The molecule has 3 nitrogen and oxygen atoms in total. The summed E-state index contributed by atoms with van der Waals surface area (Å²) in [6.45, 7) is 8.58. The van der Waals surface area contributed by atoms with E-state index >= 15 is 0 Å². The van der Waals surface area contributed by atoms with Crippen molar-refractivity contribution in [2.24, 2.45) is 0 Å². The standard InChI is InChI=1S/C14H21BrN2O/c1-12-13(3-2-4-14(12)15)11-17-7-5-16(6-8-17)9-10-18/h2-4,18H,5-11H2,1H3. The van der Waals surface area contributed by atoms with Gasteiger partial charge in [0.2, 0.25) is 0 Å². The molecular formula is C14H21BrN2O. The van der Waals surface area contributed by atoms with Gasteiger partial charge in [0, 0.05) is 43.7 Å². The van der Waals surface area contributed by atoms with Crippen LogP contribution in [0.4, 0.5) is 0 Å². The van der Waals surface area contributed by atoms with Gasteiger partial charge in [-0.05, 0) is 24.1 Å². The molecule has 0 radical (unpaired) electrons. The van der Waals surface area contributed by atoms with Crippen LogP contribution in [0.5, 0.6) is 0 Å². The molecular weight excluding hydrogens is 292 g/mol. The van der Waals surface area contributed by atoms with E-state index in [9.17, 15) is 0 Å². The summed E-state index contributed by atoms with van der Waals surface area (Å²) >= 11 is 3.59. The van der Waals surface area contributed by atoms with Gasteiger partial charge in [0.1, 0.15) is 0 Å². The van der Waals surface area contributed by atoms with Gasteiger partial charge in [0.15, 0.2) is 0 Å². The van der Waals surface area contributed by atoms with Crippen molar-refractivity contribution in [3.05, 3.63) is 33.8 Å². The number of rotatable bonds is 4. The van der Waals surface area contributed by atoms with Crippen LogP contribution in [0.1, 0.15) is 11.1 Å². The minimum Gasteiger partial charge on any atom is -0.395 e. The molecule has 1 saturated heterocycles. The fourth-order valence-corrected chi connectivity index (χ4v) is 2.78. The van der Waals surface area contributed by atoms with Crippen molar-refractivity contribution < 1.29 is 5.11 Å². The quantitative estimate of drug-likeness (QED) is 0.919. The van der Waals surface area contributed by atoms with Crippen LogP contribution >= 0.6 is 15.9 Å². The van der Waals surface area contributed by atoms with Gasteiger partial charge in [-0.2, -0.15) is 0 Å². The van der Waals surface area contributed by atoms with Crippen molar-refractivity contribution in [3.8, 4) is 0 Å². The lowest BCUT2D eigenvalue weighted by Gasteiger charge is -2.34. The fraction of sp³-hybridized carbons (Fsp3) is 0.571. The lowest BCUT2D eigenvalue weighted by molar-refractivity contribution is 0.108. The fourth-order valence-electron chi connectivity index (χ4n) is 2.38. The molecule has 0 amide bonds.